The van der Waals surface area contributed by atoms with Crippen LogP contribution in [0.15, 0.2) is 72.6 Å². The van der Waals surface area contributed by atoms with Gasteiger partial charge >= 0.3 is 0 Å². The summed E-state index contributed by atoms with van der Waals surface area (Å²) < 4.78 is 11.1. The van der Waals surface area contributed by atoms with Gasteiger partial charge in [0.1, 0.15) is 23.9 Å². The van der Waals surface area contributed by atoms with Gasteiger partial charge in [0.25, 0.3) is 11.7 Å². The van der Waals surface area contributed by atoms with E-state index < -0.39 is 17.7 Å². The van der Waals surface area contributed by atoms with Gasteiger partial charge in [-0.3, -0.25) is 14.6 Å². The number of benzene rings is 2. The summed E-state index contributed by atoms with van der Waals surface area (Å²) in [5.74, 6) is -0.334. The minimum absolute atomic E-state index is 0.0386. The molecule has 1 aromatic heterocycles. The van der Waals surface area contributed by atoms with E-state index in [1.165, 1.54) is 4.90 Å². The number of likely N-dealkylation sites (N-methyl/N-ethyl adjacent to an activating group) is 1. The summed E-state index contributed by atoms with van der Waals surface area (Å²) in [4.78, 5) is 34.1. The van der Waals surface area contributed by atoms with Crippen molar-refractivity contribution < 1.29 is 24.2 Å². The number of rotatable bonds is 5. The van der Waals surface area contributed by atoms with Gasteiger partial charge in [-0.05, 0) is 53.6 Å². The van der Waals surface area contributed by atoms with Gasteiger partial charge in [0.15, 0.2) is 0 Å². The lowest BCUT2D eigenvalue weighted by atomic mass is 9.94. The molecule has 0 bridgehead atoms. The Balaban J connectivity index is 1.65. The summed E-state index contributed by atoms with van der Waals surface area (Å²) in [7, 11) is 3.49. The Morgan fingerprint density at radius 2 is 1.94 bits per heavy atom. The van der Waals surface area contributed by atoms with Gasteiger partial charge in [0.2, 0.25) is 0 Å². The number of aliphatic hydroxyl groups is 1. The molecule has 0 radical (unpaired) electrons. The number of hydrogen-bond acceptors (Lipinski definition) is 7. The third-order valence-corrected chi connectivity index (χ3v) is 6.38. The first-order chi connectivity index (χ1) is 17.0. The van der Waals surface area contributed by atoms with Crippen LogP contribution >= 0.6 is 0 Å². The highest BCUT2D eigenvalue weighted by Crippen LogP contribution is 2.42. The second-order valence-electron chi connectivity index (χ2n) is 8.51. The highest BCUT2D eigenvalue weighted by Gasteiger charge is 2.46. The van der Waals surface area contributed by atoms with Gasteiger partial charge in [0.05, 0.1) is 31.0 Å². The van der Waals surface area contributed by atoms with Gasteiger partial charge in [-0.2, -0.15) is 0 Å². The molecule has 0 spiro atoms. The van der Waals surface area contributed by atoms with Crippen LogP contribution in [-0.2, 0) is 16.1 Å². The number of anilines is 1. The van der Waals surface area contributed by atoms with Crippen molar-refractivity contribution in [2.24, 2.45) is 0 Å². The number of aliphatic hydroxyl groups excluding tert-OH is 1. The molecular weight excluding hydrogens is 446 g/mol. The van der Waals surface area contributed by atoms with Crippen molar-refractivity contribution in [2.45, 2.75) is 12.6 Å². The summed E-state index contributed by atoms with van der Waals surface area (Å²) in [6.07, 6.45) is 3.27. The molecule has 2 aromatic carbocycles. The number of carbonyl (C=O) groups excluding carboxylic acids is 2. The van der Waals surface area contributed by atoms with Crippen LogP contribution in [0.4, 0.5) is 5.69 Å². The van der Waals surface area contributed by atoms with E-state index in [1.54, 1.807) is 68.0 Å². The fourth-order valence-electron chi connectivity index (χ4n) is 4.54. The van der Waals surface area contributed by atoms with Crippen LogP contribution in [0, 0.1) is 0 Å². The van der Waals surface area contributed by atoms with Crippen LogP contribution in [0.5, 0.6) is 11.5 Å². The zero-order valence-electron chi connectivity index (χ0n) is 19.5. The number of amides is 1. The number of Topliss-reactive ketones (excluding diaryl/α,β-unsaturated/α-hetero) is 1. The third kappa shape index (κ3) is 4.07. The summed E-state index contributed by atoms with van der Waals surface area (Å²) in [5, 5.41) is 11.4. The van der Waals surface area contributed by atoms with Crippen LogP contribution in [0.1, 0.15) is 22.7 Å². The molecule has 1 atom stereocenters. The lowest BCUT2D eigenvalue weighted by Gasteiger charge is -2.28. The smallest absolute Gasteiger partial charge is 0.295 e. The van der Waals surface area contributed by atoms with Gasteiger partial charge in [-0.1, -0.05) is 12.1 Å². The van der Waals surface area contributed by atoms with E-state index in [-0.39, 0.29) is 17.9 Å². The number of carbonyl (C=O) groups is 2. The predicted molar refractivity (Wildman–Crippen MR) is 130 cm³/mol. The molecule has 2 aliphatic rings. The number of fused-ring (bicyclic) bond motifs is 1. The quantitative estimate of drug-likeness (QED) is 0.346. The standard InChI is InChI=1S/C27H25N3O5/c1-29-12-13-35-22-7-6-19(15-21(22)29)25(31)23-24(18-4-3-5-20(14-18)34-2)30(27(33)26(23)32)16-17-8-10-28-11-9-17/h3-11,14-15,24,31H,12-13,16H2,1-2H3/b25-23-. The lowest BCUT2D eigenvalue weighted by Crippen LogP contribution is -2.29. The average Bonchev–Trinajstić information content (AvgIpc) is 3.14. The first-order valence-electron chi connectivity index (χ1n) is 11.3. The average molecular weight is 472 g/mol. The van der Waals surface area contributed by atoms with Crippen LogP contribution in [0.2, 0.25) is 0 Å². The molecule has 1 fully saturated rings. The van der Waals surface area contributed by atoms with Crippen molar-refractivity contribution in [1.29, 1.82) is 0 Å². The Morgan fingerprint density at radius 3 is 2.71 bits per heavy atom. The van der Waals surface area contributed by atoms with Crippen LogP contribution < -0.4 is 14.4 Å². The zero-order chi connectivity index (χ0) is 24.5. The maximum absolute atomic E-state index is 13.3. The summed E-state index contributed by atoms with van der Waals surface area (Å²) in [6, 6.07) is 15.2. The van der Waals surface area contributed by atoms with Gasteiger partial charge < -0.3 is 24.4 Å². The minimum atomic E-state index is -0.789. The Labute approximate surface area is 203 Å². The number of nitrogens with zero attached hydrogens (tertiary/aromatic N) is 3. The Kier molecular flexibility index (Phi) is 5.86. The molecule has 5 rings (SSSR count). The summed E-state index contributed by atoms with van der Waals surface area (Å²) >= 11 is 0. The molecule has 0 saturated carbocycles. The van der Waals surface area contributed by atoms with E-state index in [0.29, 0.717) is 35.8 Å². The van der Waals surface area contributed by atoms with Crippen molar-refractivity contribution in [3.63, 3.8) is 0 Å². The second kappa shape index (κ2) is 9.13. The maximum Gasteiger partial charge on any atom is 0.295 e. The summed E-state index contributed by atoms with van der Waals surface area (Å²) in [5.41, 5.74) is 2.77. The first-order valence-corrected chi connectivity index (χ1v) is 11.3. The highest BCUT2D eigenvalue weighted by molar-refractivity contribution is 6.46. The fraction of sp³-hybridized carbons (Fsp3) is 0.222. The Morgan fingerprint density at radius 1 is 1.14 bits per heavy atom. The van der Waals surface area contributed by atoms with Gasteiger partial charge in [-0.25, -0.2) is 0 Å². The number of methoxy groups -OCH3 is 1. The molecule has 1 N–H and O–H groups in total. The van der Waals surface area contributed by atoms with Crippen molar-refractivity contribution in [3.8, 4) is 11.5 Å². The molecule has 8 nitrogen and oxygen atoms in total. The van der Waals surface area contributed by atoms with Gasteiger partial charge in [0, 0.05) is 31.5 Å². The van der Waals surface area contributed by atoms with Crippen LogP contribution in [-0.4, -0.2) is 54.0 Å². The van der Waals surface area contributed by atoms with Crippen molar-refractivity contribution in [2.75, 3.05) is 32.2 Å². The normalized spacial score (nSPS) is 18.9. The summed E-state index contributed by atoms with van der Waals surface area (Å²) in [6.45, 7) is 1.47. The molecule has 2 aliphatic heterocycles. The molecule has 1 unspecified atom stereocenters. The Bertz CT molecular complexity index is 1320. The topological polar surface area (TPSA) is 92.2 Å². The Hall–Kier alpha value is -4.33. The zero-order valence-corrected chi connectivity index (χ0v) is 19.5. The SMILES string of the molecule is COc1cccc(C2/C(=C(/O)c3ccc4c(c3)N(C)CCO4)C(=O)C(=O)N2Cc2ccncc2)c1. The molecule has 35 heavy (non-hydrogen) atoms. The molecule has 3 aromatic rings. The number of hydrogen-bond donors (Lipinski definition) is 1. The number of aromatic nitrogens is 1. The van der Waals surface area contributed by atoms with E-state index in [9.17, 15) is 14.7 Å². The maximum atomic E-state index is 13.3. The van der Waals surface area contributed by atoms with E-state index >= 15 is 0 Å². The fourth-order valence-corrected chi connectivity index (χ4v) is 4.54. The first kappa shape index (κ1) is 22.5. The van der Waals surface area contributed by atoms with Crippen LogP contribution in [0.3, 0.4) is 0 Å². The number of likely N-dealkylation sites (tertiary alicyclic amines) is 1. The molecule has 8 heteroatoms. The molecular formula is C27H25N3O5. The monoisotopic (exact) mass is 471 g/mol. The molecule has 178 valence electrons. The number of ketones is 1. The predicted octanol–water partition coefficient (Wildman–Crippen LogP) is 3.54. The lowest BCUT2D eigenvalue weighted by molar-refractivity contribution is -0.140. The third-order valence-electron chi connectivity index (χ3n) is 6.38. The van der Waals surface area contributed by atoms with Crippen molar-refractivity contribution in [1.82, 2.24) is 9.88 Å². The van der Waals surface area contributed by atoms with Gasteiger partial charge in [-0.15, -0.1) is 0 Å². The van der Waals surface area contributed by atoms with E-state index in [0.717, 1.165) is 11.3 Å². The van der Waals surface area contributed by atoms with E-state index in [2.05, 4.69) is 4.98 Å². The van der Waals surface area contributed by atoms with Crippen molar-refractivity contribution in [3.05, 3.63) is 89.3 Å². The molecule has 0 aliphatic carbocycles. The second-order valence-corrected chi connectivity index (χ2v) is 8.51. The largest absolute Gasteiger partial charge is 0.507 e. The van der Waals surface area contributed by atoms with Crippen molar-refractivity contribution >= 4 is 23.1 Å². The van der Waals surface area contributed by atoms with E-state index in [1.807, 2.05) is 18.0 Å². The molecule has 3 heterocycles. The molecule has 1 saturated heterocycles. The van der Waals surface area contributed by atoms with Crippen LogP contribution in [0.25, 0.3) is 5.76 Å². The highest BCUT2D eigenvalue weighted by atomic mass is 16.5. The van der Waals surface area contributed by atoms with E-state index in [4.69, 9.17) is 9.47 Å². The number of pyridine rings is 1. The minimum Gasteiger partial charge on any atom is -0.507 e. The number of ether oxygens (including phenoxy) is 2. The molecule has 1 amide bonds.